The van der Waals surface area contributed by atoms with E-state index in [9.17, 15) is 4.79 Å². The summed E-state index contributed by atoms with van der Waals surface area (Å²) in [5.74, 6) is -0.159. The van der Waals surface area contributed by atoms with Crippen LogP contribution in [-0.2, 0) is 4.79 Å². The molecule has 1 amide bonds. The Morgan fingerprint density at radius 2 is 2.19 bits per heavy atom. The molecule has 0 saturated carbocycles. The van der Waals surface area contributed by atoms with Crippen molar-refractivity contribution in [1.82, 2.24) is 19.7 Å². The molecule has 0 fully saturated rings. The third-order valence-corrected chi connectivity index (χ3v) is 4.14. The predicted molar refractivity (Wildman–Crippen MR) is 83.6 cm³/mol. The van der Waals surface area contributed by atoms with Crippen molar-refractivity contribution in [1.29, 1.82) is 0 Å². The number of thioether (sulfide) groups is 1. The fourth-order valence-electron chi connectivity index (χ4n) is 1.60. The lowest BCUT2D eigenvalue weighted by molar-refractivity contribution is -0.115. The third-order valence-electron chi connectivity index (χ3n) is 2.76. The number of carbonyl (C=O) groups excluding carboxylic acids is 1. The number of hydrogen-bond acceptors (Lipinski definition) is 5. The second-order valence-electron chi connectivity index (χ2n) is 4.71. The minimum Gasteiger partial charge on any atom is -0.322 e. The van der Waals surface area contributed by atoms with Gasteiger partial charge in [-0.25, -0.2) is 4.98 Å². The summed E-state index contributed by atoms with van der Waals surface area (Å²) in [6, 6.07) is 3.67. The van der Waals surface area contributed by atoms with E-state index >= 15 is 0 Å². The van der Waals surface area contributed by atoms with Gasteiger partial charge < -0.3 is 9.88 Å². The number of hydrogen-bond donors (Lipinski definition) is 1. The molecule has 2 rings (SSSR count). The van der Waals surface area contributed by atoms with Crippen LogP contribution in [0.1, 0.15) is 26.8 Å². The number of nitrogens with one attached hydrogen (secondary N) is 1. The van der Waals surface area contributed by atoms with Crippen LogP contribution >= 0.6 is 23.4 Å². The topological polar surface area (TPSA) is 72.7 Å². The molecule has 1 N–H and O–H groups in total. The van der Waals surface area contributed by atoms with E-state index in [0.29, 0.717) is 10.8 Å². The number of rotatable bonds is 5. The van der Waals surface area contributed by atoms with Gasteiger partial charge in [0, 0.05) is 12.2 Å². The standard InChI is InChI=1S/C13H16ClN5OS/c1-8(2)19-7-16-18-13(19)21-9(3)12(20)17-10-5-4-6-15-11(10)14/h4-9H,1-3H3,(H,17,20)/t9-/m0/s1. The van der Waals surface area contributed by atoms with Crippen LogP contribution in [0.4, 0.5) is 5.69 Å². The summed E-state index contributed by atoms with van der Waals surface area (Å²) in [4.78, 5) is 16.1. The molecule has 2 aromatic heterocycles. The maximum atomic E-state index is 12.2. The zero-order valence-corrected chi connectivity index (χ0v) is 13.5. The predicted octanol–water partition coefficient (Wildman–Crippen LogP) is 3.03. The SMILES string of the molecule is CC(C)n1cnnc1S[C@@H](C)C(=O)Nc1cccnc1Cl. The van der Waals surface area contributed by atoms with Crippen LogP contribution in [0, 0.1) is 0 Å². The summed E-state index contributed by atoms with van der Waals surface area (Å²) in [7, 11) is 0. The maximum Gasteiger partial charge on any atom is 0.237 e. The first-order valence-corrected chi connectivity index (χ1v) is 7.72. The summed E-state index contributed by atoms with van der Waals surface area (Å²) in [5, 5.41) is 11.3. The minimum absolute atomic E-state index is 0.159. The Labute approximate surface area is 132 Å². The van der Waals surface area contributed by atoms with Gasteiger partial charge in [-0.05, 0) is 32.9 Å². The smallest absolute Gasteiger partial charge is 0.237 e. The molecule has 0 aromatic carbocycles. The van der Waals surface area contributed by atoms with Gasteiger partial charge in [0.25, 0.3) is 0 Å². The lowest BCUT2D eigenvalue weighted by Crippen LogP contribution is -2.23. The van der Waals surface area contributed by atoms with Crippen LogP contribution in [0.3, 0.4) is 0 Å². The summed E-state index contributed by atoms with van der Waals surface area (Å²) >= 11 is 7.28. The fraction of sp³-hybridized carbons (Fsp3) is 0.385. The molecule has 0 saturated heterocycles. The number of amides is 1. The van der Waals surface area contributed by atoms with E-state index in [1.165, 1.54) is 11.8 Å². The molecule has 2 aromatic rings. The maximum absolute atomic E-state index is 12.2. The second kappa shape index (κ2) is 6.91. The molecule has 1 atom stereocenters. The molecule has 0 aliphatic rings. The van der Waals surface area contributed by atoms with Crippen molar-refractivity contribution < 1.29 is 4.79 Å². The highest BCUT2D eigenvalue weighted by Gasteiger charge is 2.19. The highest BCUT2D eigenvalue weighted by atomic mass is 35.5. The number of aromatic nitrogens is 4. The highest BCUT2D eigenvalue weighted by Crippen LogP contribution is 2.25. The van der Waals surface area contributed by atoms with Crippen molar-refractivity contribution in [2.75, 3.05) is 5.32 Å². The van der Waals surface area contributed by atoms with E-state index in [1.54, 1.807) is 24.7 Å². The van der Waals surface area contributed by atoms with E-state index in [0.717, 1.165) is 0 Å². The number of halogens is 1. The molecule has 0 spiro atoms. The molecule has 0 bridgehead atoms. The van der Waals surface area contributed by atoms with Crippen LogP contribution in [0.25, 0.3) is 0 Å². The Bertz CT molecular complexity index is 631. The molecule has 0 unspecified atom stereocenters. The molecule has 0 aliphatic carbocycles. The number of pyridine rings is 1. The summed E-state index contributed by atoms with van der Waals surface area (Å²) in [5.41, 5.74) is 0.502. The lowest BCUT2D eigenvalue weighted by atomic mass is 10.4. The van der Waals surface area contributed by atoms with E-state index in [2.05, 4.69) is 20.5 Å². The Hall–Kier alpha value is -1.60. The van der Waals surface area contributed by atoms with E-state index in [1.807, 2.05) is 25.3 Å². The number of nitrogens with zero attached hydrogens (tertiary/aromatic N) is 4. The average molecular weight is 326 g/mol. The third kappa shape index (κ3) is 3.95. The molecule has 8 heteroatoms. The van der Waals surface area contributed by atoms with Gasteiger partial charge in [-0.1, -0.05) is 23.4 Å². The van der Waals surface area contributed by atoms with E-state index in [4.69, 9.17) is 11.6 Å². The van der Waals surface area contributed by atoms with Crippen molar-refractivity contribution in [3.8, 4) is 0 Å². The normalized spacial score (nSPS) is 12.4. The zero-order chi connectivity index (χ0) is 15.4. The highest BCUT2D eigenvalue weighted by molar-refractivity contribution is 8.00. The zero-order valence-electron chi connectivity index (χ0n) is 11.9. The molecular formula is C13H16ClN5OS. The van der Waals surface area contributed by atoms with Crippen molar-refractivity contribution >= 4 is 35.0 Å². The van der Waals surface area contributed by atoms with Gasteiger partial charge in [0.15, 0.2) is 10.3 Å². The quantitative estimate of drug-likeness (QED) is 0.675. The molecule has 6 nitrogen and oxygen atoms in total. The van der Waals surface area contributed by atoms with Crippen molar-refractivity contribution in [2.24, 2.45) is 0 Å². The van der Waals surface area contributed by atoms with E-state index in [-0.39, 0.29) is 22.4 Å². The van der Waals surface area contributed by atoms with Crippen LogP contribution < -0.4 is 5.32 Å². The van der Waals surface area contributed by atoms with Crippen molar-refractivity contribution in [2.45, 2.75) is 37.2 Å². The van der Waals surface area contributed by atoms with Crippen LogP contribution in [0.5, 0.6) is 0 Å². The van der Waals surface area contributed by atoms with Gasteiger partial charge in [-0.2, -0.15) is 0 Å². The van der Waals surface area contributed by atoms with Crippen LogP contribution in [0.2, 0.25) is 5.15 Å². The number of anilines is 1. The Morgan fingerprint density at radius 1 is 1.43 bits per heavy atom. The Morgan fingerprint density at radius 3 is 2.86 bits per heavy atom. The fourth-order valence-corrected chi connectivity index (χ4v) is 2.72. The van der Waals surface area contributed by atoms with Gasteiger partial charge in [0.05, 0.1) is 10.9 Å². The van der Waals surface area contributed by atoms with Gasteiger partial charge in [-0.3, -0.25) is 4.79 Å². The molecule has 0 aliphatic heterocycles. The summed E-state index contributed by atoms with van der Waals surface area (Å²) < 4.78 is 1.92. The van der Waals surface area contributed by atoms with Gasteiger partial charge in [0.1, 0.15) is 6.33 Å². The van der Waals surface area contributed by atoms with E-state index < -0.39 is 0 Å². The number of carbonyl (C=O) groups is 1. The monoisotopic (exact) mass is 325 g/mol. The van der Waals surface area contributed by atoms with Crippen LogP contribution in [-0.4, -0.2) is 30.9 Å². The van der Waals surface area contributed by atoms with Crippen molar-refractivity contribution in [3.05, 3.63) is 29.8 Å². The molecule has 0 radical (unpaired) electrons. The molecule has 112 valence electrons. The van der Waals surface area contributed by atoms with Crippen LogP contribution in [0.15, 0.2) is 29.8 Å². The lowest BCUT2D eigenvalue weighted by Gasteiger charge is -2.14. The van der Waals surface area contributed by atoms with Gasteiger partial charge in [-0.15, -0.1) is 10.2 Å². The molecule has 21 heavy (non-hydrogen) atoms. The molecular weight excluding hydrogens is 310 g/mol. The van der Waals surface area contributed by atoms with Crippen molar-refractivity contribution in [3.63, 3.8) is 0 Å². The first-order valence-electron chi connectivity index (χ1n) is 6.46. The van der Waals surface area contributed by atoms with Gasteiger partial charge in [0.2, 0.25) is 5.91 Å². The molecule has 2 heterocycles. The first-order chi connectivity index (χ1) is 9.99. The largest absolute Gasteiger partial charge is 0.322 e. The Balaban J connectivity index is 2.03. The summed E-state index contributed by atoms with van der Waals surface area (Å²) in [6.07, 6.45) is 3.23. The van der Waals surface area contributed by atoms with Gasteiger partial charge >= 0.3 is 0 Å². The Kier molecular flexibility index (Phi) is 5.19. The minimum atomic E-state index is -0.331. The summed E-state index contributed by atoms with van der Waals surface area (Å²) in [6.45, 7) is 5.88. The second-order valence-corrected chi connectivity index (χ2v) is 6.37. The average Bonchev–Trinajstić information content (AvgIpc) is 2.89. The first kappa shape index (κ1) is 15.8.